The number of likely N-dealkylation sites (tertiary alicyclic amines) is 1. The van der Waals surface area contributed by atoms with Gasteiger partial charge in [-0.2, -0.15) is 13.2 Å². The fourth-order valence-corrected chi connectivity index (χ4v) is 4.87. The van der Waals surface area contributed by atoms with Gasteiger partial charge in [0.1, 0.15) is 23.1 Å². The summed E-state index contributed by atoms with van der Waals surface area (Å²) in [5.74, 6) is 0.832. The smallest absolute Gasteiger partial charge is 0.416 e. The van der Waals surface area contributed by atoms with E-state index in [0.29, 0.717) is 45.6 Å². The van der Waals surface area contributed by atoms with Crippen LogP contribution < -0.4 is 14.8 Å². The molecule has 198 valence electrons. The fraction of sp³-hybridized carbons (Fsp3) is 0.500. The van der Waals surface area contributed by atoms with Crippen LogP contribution in [0.4, 0.5) is 13.2 Å². The molecule has 0 aromatic heterocycles. The molecule has 36 heavy (non-hydrogen) atoms. The number of amides is 1. The van der Waals surface area contributed by atoms with Crippen LogP contribution in [0, 0.1) is 0 Å². The van der Waals surface area contributed by atoms with Crippen molar-refractivity contribution in [2.24, 2.45) is 0 Å². The van der Waals surface area contributed by atoms with Crippen molar-refractivity contribution < 1.29 is 32.2 Å². The van der Waals surface area contributed by atoms with Crippen LogP contribution in [-0.2, 0) is 15.7 Å². The number of hydrogen-bond donors (Lipinski definition) is 1. The fourth-order valence-electron chi connectivity index (χ4n) is 4.87. The third-order valence-electron chi connectivity index (χ3n) is 6.90. The molecule has 0 radical (unpaired) electrons. The van der Waals surface area contributed by atoms with Gasteiger partial charge in [0.2, 0.25) is 5.91 Å². The van der Waals surface area contributed by atoms with Gasteiger partial charge in [0.05, 0.1) is 18.7 Å². The Balaban J connectivity index is 0.00000361. The molecule has 2 aliphatic heterocycles. The lowest BCUT2D eigenvalue weighted by Gasteiger charge is -2.43. The van der Waals surface area contributed by atoms with Crippen molar-refractivity contribution in [1.82, 2.24) is 10.2 Å². The number of halogens is 4. The van der Waals surface area contributed by atoms with E-state index < -0.39 is 17.3 Å². The minimum absolute atomic E-state index is 0. The maximum absolute atomic E-state index is 13.7. The predicted molar refractivity (Wildman–Crippen MR) is 132 cm³/mol. The molecule has 4 rings (SSSR count). The van der Waals surface area contributed by atoms with Crippen LogP contribution in [0.1, 0.15) is 43.4 Å². The molecule has 2 atom stereocenters. The van der Waals surface area contributed by atoms with Crippen molar-refractivity contribution in [2.45, 2.75) is 50.0 Å². The van der Waals surface area contributed by atoms with Gasteiger partial charge < -0.3 is 19.5 Å². The topological polar surface area (TPSA) is 60.0 Å². The summed E-state index contributed by atoms with van der Waals surface area (Å²) in [4.78, 5) is 15.8. The first-order valence-corrected chi connectivity index (χ1v) is 11.8. The maximum Gasteiger partial charge on any atom is 0.416 e. The van der Waals surface area contributed by atoms with Gasteiger partial charge in [-0.3, -0.25) is 9.69 Å². The van der Waals surface area contributed by atoms with E-state index >= 15 is 0 Å². The van der Waals surface area contributed by atoms with Crippen LogP contribution in [0.3, 0.4) is 0 Å². The van der Waals surface area contributed by atoms with E-state index in [-0.39, 0.29) is 36.2 Å². The SMILES string of the molecule is COc1cccc([C@H](C)NC(=O)C2(N3CC[C@@H](Oc4cccc(C(F)(F)F)c4)C3)CCOCC2)c1.Cl. The molecule has 1 N–H and O–H groups in total. The summed E-state index contributed by atoms with van der Waals surface area (Å²) in [6.45, 7) is 3.94. The van der Waals surface area contributed by atoms with E-state index in [1.54, 1.807) is 7.11 Å². The van der Waals surface area contributed by atoms with Crippen molar-refractivity contribution in [2.75, 3.05) is 33.4 Å². The summed E-state index contributed by atoms with van der Waals surface area (Å²) in [7, 11) is 1.60. The molecular formula is C26H32ClF3N2O4. The standard InChI is InChI=1S/C26H31F3N2O4.ClH/c1-18(19-5-3-7-21(15-19)33-2)30-24(32)25(10-13-34-14-11-25)31-12-9-23(17-31)35-22-8-4-6-20(16-22)26(27,28)29;/h3-8,15-16,18,23H,9-14,17H2,1-2H3,(H,30,32);1H/t18-,23+;/m0./s1. The molecule has 0 saturated carbocycles. The van der Waals surface area contributed by atoms with Gasteiger partial charge in [-0.05, 0) is 62.1 Å². The Hall–Kier alpha value is -2.49. The van der Waals surface area contributed by atoms with E-state index in [2.05, 4.69) is 10.2 Å². The van der Waals surface area contributed by atoms with Crippen LogP contribution in [0.2, 0.25) is 0 Å². The Morgan fingerprint density at radius 3 is 2.53 bits per heavy atom. The Morgan fingerprint density at radius 1 is 1.14 bits per heavy atom. The van der Waals surface area contributed by atoms with E-state index in [9.17, 15) is 18.0 Å². The van der Waals surface area contributed by atoms with E-state index in [1.165, 1.54) is 12.1 Å². The summed E-state index contributed by atoms with van der Waals surface area (Å²) < 4.78 is 56.0. The molecule has 0 bridgehead atoms. The Labute approximate surface area is 215 Å². The third kappa shape index (κ3) is 6.25. The number of hydrogen-bond acceptors (Lipinski definition) is 5. The minimum atomic E-state index is -4.43. The van der Waals surface area contributed by atoms with Crippen molar-refractivity contribution in [3.8, 4) is 11.5 Å². The van der Waals surface area contributed by atoms with Crippen molar-refractivity contribution in [1.29, 1.82) is 0 Å². The Morgan fingerprint density at radius 2 is 1.83 bits per heavy atom. The van der Waals surface area contributed by atoms with Crippen molar-refractivity contribution in [3.05, 3.63) is 59.7 Å². The molecule has 2 heterocycles. The molecule has 2 saturated heterocycles. The van der Waals surface area contributed by atoms with Crippen LogP contribution >= 0.6 is 12.4 Å². The average Bonchev–Trinajstić information content (AvgIpc) is 3.33. The molecule has 2 aliphatic rings. The quantitative estimate of drug-likeness (QED) is 0.547. The van der Waals surface area contributed by atoms with Gasteiger partial charge in [0.25, 0.3) is 0 Å². The van der Waals surface area contributed by atoms with Gasteiger partial charge in [-0.1, -0.05) is 18.2 Å². The van der Waals surface area contributed by atoms with E-state index in [0.717, 1.165) is 23.4 Å². The van der Waals surface area contributed by atoms with E-state index in [4.69, 9.17) is 14.2 Å². The molecule has 2 aromatic rings. The number of ether oxygens (including phenoxy) is 3. The molecule has 10 heteroatoms. The Kier molecular flexibility index (Phi) is 9.13. The number of benzene rings is 2. The average molecular weight is 529 g/mol. The zero-order valence-corrected chi connectivity index (χ0v) is 21.2. The molecule has 2 aromatic carbocycles. The Bertz CT molecular complexity index is 1030. The zero-order chi connectivity index (χ0) is 25.1. The van der Waals surface area contributed by atoms with Crippen molar-refractivity contribution >= 4 is 18.3 Å². The maximum atomic E-state index is 13.7. The van der Waals surface area contributed by atoms with Gasteiger partial charge in [0.15, 0.2) is 0 Å². The van der Waals surface area contributed by atoms with Crippen LogP contribution in [0.5, 0.6) is 11.5 Å². The lowest BCUT2D eigenvalue weighted by molar-refractivity contribution is -0.141. The summed E-state index contributed by atoms with van der Waals surface area (Å²) in [5.41, 5.74) is -0.555. The second-order valence-electron chi connectivity index (χ2n) is 9.12. The zero-order valence-electron chi connectivity index (χ0n) is 20.3. The summed E-state index contributed by atoms with van der Waals surface area (Å²) in [6, 6.07) is 12.3. The summed E-state index contributed by atoms with van der Waals surface area (Å²) >= 11 is 0. The summed E-state index contributed by atoms with van der Waals surface area (Å²) in [5, 5.41) is 3.17. The highest BCUT2D eigenvalue weighted by Gasteiger charge is 2.48. The molecule has 6 nitrogen and oxygen atoms in total. The number of methoxy groups -OCH3 is 1. The number of alkyl halides is 3. The molecule has 1 amide bonds. The van der Waals surface area contributed by atoms with Crippen LogP contribution in [0.25, 0.3) is 0 Å². The largest absolute Gasteiger partial charge is 0.497 e. The van der Waals surface area contributed by atoms with Crippen LogP contribution in [0.15, 0.2) is 48.5 Å². The molecule has 0 aliphatic carbocycles. The number of rotatable bonds is 7. The number of nitrogens with zero attached hydrogens (tertiary/aromatic N) is 1. The first-order valence-electron chi connectivity index (χ1n) is 11.8. The molecular weight excluding hydrogens is 497 g/mol. The first-order chi connectivity index (χ1) is 16.7. The highest BCUT2D eigenvalue weighted by Crippen LogP contribution is 2.35. The number of nitrogens with one attached hydrogen (secondary N) is 1. The monoisotopic (exact) mass is 528 g/mol. The highest BCUT2D eigenvalue weighted by molar-refractivity contribution is 5.87. The normalized spacial score (nSPS) is 20.8. The van der Waals surface area contributed by atoms with Gasteiger partial charge >= 0.3 is 6.18 Å². The number of carbonyl (C=O) groups excluding carboxylic acids is 1. The number of carbonyl (C=O) groups is 1. The van der Waals surface area contributed by atoms with Gasteiger partial charge in [-0.15, -0.1) is 12.4 Å². The van der Waals surface area contributed by atoms with Crippen molar-refractivity contribution in [3.63, 3.8) is 0 Å². The third-order valence-corrected chi connectivity index (χ3v) is 6.90. The lowest BCUT2D eigenvalue weighted by Crippen LogP contribution is -2.61. The lowest BCUT2D eigenvalue weighted by atomic mass is 9.86. The summed E-state index contributed by atoms with van der Waals surface area (Å²) in [6.07, 6.45) is -3.02. The second kappa shape index (κ2) is 11.7. The highest BCUT2D eigenvalue weighted by atomic mass is 35.5. The molecule has 0 spiro atoms. The van der Waals surface area contributed by atoms with Crippen LogP contribution in [-0.4, -0.2) is 55.9 Å². The van der Waals surface area contributed by atoms with Gasteiger partial charge in [0, 0.05) is 26.3 Å². The van der Waals surface area contributed by atoms with E-state index in [1.807, 2.05) is 31.2 Å². The molecule has 0 unspecified atom stereocenters. The second-order valence-corrected chi connectivity index (χ2v) is 9.12. The first kappa shape index (κ1) is 28.1. The predicted octanol–water partition coefficient (Wildman–Crippen LogP) is 5.02. The van der Waals surface area contributed by atoms with Gasteiger partial charge in [-0.25, -0.2) is 0 Å². The molecule has 2 fully saturated rings. The minimum Gasteiger partial charge on any atom is -0.497 e.